The van der Waals surface area contributed by atoms with E-state index < -0.39 is 15.1 Å². The van der Waals surface area contributed by atoms with Gasteiger partial charge in [-0.15, -0.1) is 0 Å². The van der Waals surface area contributed by atoms with E-state index in [9.17, 15) is 13.2 Å². The Hall–Kier alpha value is -2.18. The van der Waals surface area contributed by atoms with Crippen molar-refractivity contribution in [3.63, 3.8) is 0 Å². The van der Waals surface area contributed by atoms with Gasteiger partial charge in [-0.2, -0.15) is 0 Å². The highest BCUT2D eigenvalue weighted by molar-refractivity contribution is 7.91. The molecule has 1 heterocycles. The zero-order valence-electron chi connectivity index (χ0n) is 18.2. The molecule has 0 saturated carbocycles. The largest absolute Gasteiger partial charge is 0.372 e. The first kappa shape index (κ1) is 22.5. The molecule has 30 heavy (non-hydrogen) atoms. The van der Waals surface area contributed by atoms with E-state index in [0.717, 1.165) is 24.3 Å². The lowest BCUT2D eigenvalue weighted by Crippen LogP contribution is -2.45. The van der Waals surface area contributed by atoms with Crippen LogP contribution in [0.5, 0.6) is 0 Å². The molecule has 0 unspecified atom stereocenters. The normalized spacial score (nSPS) is 19.8. The van der Waals surface area contributed by atoms with Gasteiger partial charge in [0.15, 0.2) is 15.6 Å². The SMILES string of the molecule is CC(C)S(=O)(=O)Cc1ccc(C(=O)Cc2ccc(N3C[C@@H](C)O[C@@H](C)C3)cc2)cc1. The van der Waals surface area contributed by atoms with Gasteiger partial charge < -0.3 is 9.64 Å². The van der Waals surface area contributed by atoms with Crippen LogP contribution < -0.4 is 4.90 Å². The van der Waals surface area contributed by atoms with Crippen LogP contribution in [0.3, 0.4) is 0 Å². The second-order valence-electron chi connectivity index (χ2n) is 8.48. The van der Waals surface area contributed by atoms with E-state index in [4.69, 9.17) is 4.74 Å². The van der Waals surface area contributed by atoms with Crippen LogP contribution in [0.25, 0.3) is 0 Å². The van der Waals surface area contributed by atoms with E-state index in [1.165, 1.54) is 0 Å². The van der Waals surface area contributed by atoms with Crippen LogP contribution in [0.1, 0.15) is 49.2 Å². The number of Topliss-reactive ketones (excluding diaryl/α,β-unsaturated/α-hetero) is 1. The first-order valence-corrected chi connectivity index (χ1v) is 12.2. The van der Waals surface area contributed by atoms with Crippen LogP contribution in [0, 0.1) is 0 Å². The van der Waals surface area contributed by atoms with Crippen LogP contribution >= 0.6 is 0 Å². The Bertz CT molecular complexity index is 955. The number of nitrogens with zero attached hydrogens (tertiary/aromatic N) is 1. The summed E-state index contributed by atoms with van der Waals surface area (Å²) >= 11 is 0. The Labute approximate surface area is 180 Å². The molecule has 1 aliphatic heterocycles. The fourth-order valence-electron chi connectivity index (χ4n) is 3.69. The standard InChI is InChI=1S/C24H31NO4S/c1-17(2)30(27,28)16-21-5-9-22(10-6-21)24(26)13-20-7-11-23(12-8-20)25-14-18(3)29-19(4)15-25/h5-12,17-19H,13-16H2,1-4H3/t18-,19+. The minimum atomic E-state index is -3.15. The van der Waals surface area contributed by atoms with Gasteiger partial charge in [0.2, 0.25) is 0 Å². The molecular weight excluding hydrogens is 398 g/mol. The highest BCUT2D eigenvalue weighted by atomic mass is 32.2. The predicted molar refractivity (Wildman–Crippen MR) is 121 cm³/mol. The Kier molecular flexibility index (Phi) is 6.98. The lowest BCUT2D eigenvalue weighted by atomic mass is 10.0. The van der Waals surface area contributed by atoms with E-state index in [0.29, 0.717) is 17.5 Å². The third-order valence-corrected chi connectivity index (χ3v) is 7.62. The van der Waals surface area contributed by atoms with Crippen LogP contribution in [0.2, 0.25) is 0 Å². The summed E-state index contributed by atoms with van der Waals surface area (Å²) in [6, 6.07) is 15.0. The minimum Gasteiger partial charge on any atom is -0.372 e. The van der Waals surface area contributed by atoms with Gasteiger partial charge in [0.05, 0.1) is 23.2 Å². The summed E-state index contributed by atoms with van der Waals surface area (Å²) in [7, 11) is -3.15. The van der Waals surface area contributed by atoms with Gasteiger partial charge in [-0.3, -0.25) is 4.79 Å². The molecule has 162 valence electrons. The van der Waals surface area contributed by atoms with Gasteiger partial charge in [-0.25, -0.2) is 8.42 Å². The molecule has 2 aromatic carbocycles. The average Bonchev–Trinajstić information content (AvgIpc) is 2.68. The van der Waals surface area contributed by atoms with E-state index in [1.54, 1.807) is 38.1 Å². The molecule has 6 heteroatoms. The smallest absolute Gasteiger partial charge is 0.167 e. The van der Waals surface area contributed by atoms with Crippen LogP contribution in [0.15, 0.2) is 48.5 Å². The van der Waals surface area contributed by atoms with Crippen molar-refractivity contribution in [1.82, 2.24) is 0 Å². The minimum absolute atomic E-state index is 0.000621. The maximum atomic E-state index is 12.6. The quantitative estimate of drug-likeness (QED) is 0.622. The monoisotopic (exact) mass is 429 g/mol. The van der Waals surface area contributed by atoms with Crippen molar-refractivity contribution < 1.29 is 17.9 Å². The van der Waals surface area contributed by atoms with Crippen LogP contribution in [-0.4, -0.2) is 44.7 Å². The Balaban J connectivity index is 1.62. The molecule has 2 atom stereocenters. The molecule has 5 nitrogen and oxygen atoms in total. The highest BCUT2D eigenvalue weighted by Crippen LogP contribution is 2.21. The zero-order valence-corrected chi connectivity index (χ0v) is 19.0. The van der Waals surface area contributed by atoms with Gasteiger partial charge >= 0.3 is 0 Å². The predicted octanol–water partition coefficient (Wildman–Crippen LogP) is 4.05. The number of morpholine rings is 1. The number of hydrogen-bond acceptors (Lipinski definition) is 5. The summed E-state index contributed by atoms with van der Waals surface area (Å²) < 4.78 is 29.9. The molecule has 0 amide bonds. The highest BCUT2D eigenvalue weighted by Gasteiger charge is 2.22. The van der Waals surface area contributed by atoms with Crippen molar-refractivity contribution >= 4 is 21.3 Å². The lowest BCUT2D eigenvalue weighted by Gasteiger charge is -2.36. The molecule has 0 bridgehead atoms. The zero-order chi connectivity index (χ0) is 21.9. The molecule has 0 aromatic heterocycles. The van der Waals surface area contributed by atoms with E-state index >= 15 is 0 Å². The number of hydrogen-bond donors (Lipinski definition) is 0. The second-order valence-corrected chi connectivity index (χ2v) is 11.0. The Morgan fingerprint density at radius 2 is 1.50 bits per heavy atom. The van der Waals surface area contributed by atoms with E-state index in [2.05, 4.69) is 30.9 Å². The van der Waals surface area contributed by atoms with Crippen LogP contribution in [-0.2, 0) is 26.7 Å². The molecule has 1 aliphatic rings. The molecule has 0 radical (unpaired) electrons. The van der Waals surface area contributed by atoms with Crippen molar-refractivity contribution in [3.05, 3.63) is 65.2 Å². The number of benzene rings is 2. The summed E-state index contributed by atoms with van der Waals surface area (Å²) in [4.78, 5) is 15.0. The number of anilines is 1. The molecule has 1 saturated heterocycles. The summed E-state index contributed by atoms with van der Waals surface area (Å²) in [5.41, 5.74) is 3.41. The molecule has 3 rings (SSSR count). The fraction of sp³-hybridized carbons (Fsp3) is 0.458. The summed E-state index contributed by atoms with van der Waals surface area (Å²) in [5.74, 6) is 0.0222. The first-order valence-electron chi connectivity index (χ1n) is 10.5. The molecular formula is C24H31NO4S. The topological polar surface area (TPSA) is 63.7 Å². The third kappa shape index (κ3) is 5.70. The Morgan fingerprint density at radius 3 is 2.03 bits per heavy atom. The summed E-state index contributed by atoms with van der Waals surface area (Å²) in [6.45, 7) is 9.25. The van der Waals surface area contributed by atoms with Crippen molar-refractivity contribution in [3.8, 4) is 0 Å². The van der Waals surface area contributed by atoms with Gasteiger partial charge in [-0.1, -0.05) is 36.4 Å². The number of carbonyl (C=O) groups excluding carboxylic acids is 1. The first-order chi connectivity index (χ1) is 14.1. The van der Waals surface area contributed by atoms with Crippen molar-refractivity contribution in [1.29, 1.82) is 0 Å². The van der Waals surface area contributed by atoms with Gasteiger partial charge in [0.1, 0.15) is 0 Å². The molecule has 0 aliphatic carbocycles. The van der Waals surface area contributed by atoms with Crippen LogP contribution in [0.4, 0.5) is 5.69 Å². The third-order valence-electron chi connectivity index (χ3n) is 5.45. The molecule has 1 fully saturated rings. The summed E-state index contributed by atoms with van der Waals surface area (Å²) in [5, 5.41) is -0.411. The van der Waals surface area contributed by atoms with Crippen molar-refractivity contribution in [2.45, 2.75) is 57.3 Å². The van der Waals surface area contributed by atoms with E-state index in [-0.39, 0.29) is 23.7 Å². The van der Waals surface area contributed by atoms with Gasteiger partial charge in [-0.05, 0) is 51.0 Å². The van der Waals surface area contributed by atoms with Crippen molar-refractivity contribution in [2.24, 2.45) is 0 Å². The van der Waals surface area contributed by atoms with Crippen molar-refractivity contribution in [2.75, 3.05) is 18.0 Å². The second kappa shape index (κ2) is 9.31. The lowest BCUT2D eigenvalue weighted by molar-refractivity contribution is -0.00521. The number of ketones is 1. The van der Waals surface area contributed by atoms with E-state index in [1.807, 2.05) is 12.1 Å². The molecule has 0 N–H and O–H groups in total. The fourth-order valence-corrected chi connectivity index (χ4v) is 4.68. The van der Waals surface area contributed by atoms with Gasteiger partial charge in [0.25, 0.3) is 0 Å². The maximum Gasteiger partial charge on any atom is 0.167 e. The summed E-state index contributed by atoms with van der Waals surface area (Å²) in [6.07, 6.45) is 0.724. The Morgan fingerprint density at radius 1 is 0.967 bits per heavy atom. The number of carbonyl (C=O) groups is 1. The number of ether oxygens (including phenoxy) is 1. The molecule has 0 spiro atoms. The number of rotatable bonds is 7. The molecule has 2 aromatic rings. The number of sulfone groups is 1. The van der Waals surface area contributed by atoms with Gasteiger partial charge in [0, 0.05) is 30.8 Å². The maximum absolute atomic E-state index is 12.6. The average molecular weight is 430 g/mol.